The molecule has 2 heterocycles. The van der Waals surface area contributed by atoms with Gasteiger partial charge in [-0.2, -0.15) is 0 Å². The first kappa shape index (κ1) is 17.6. The lowest BCUT2D eigenvalue weighted by atomic mass is 9.95. The van der Waals surface area contributed by atoms with E-state index >= 15 is 0 Å². The minimum Gasteiger partial charge on any atom is -0.383 e. The first-order valence-corrected chi connectivity index (χ1v) is 8.90. The van der Waals surface area contributed by atoms with E-state index in [4.69, 9.17) is 4.74 Å². The molecule has 1 saturated carbocycles. The molecule has 0 unspecified atom stereocenters. The van der Waals surface area contributed by atoms with Gasteiger partial charge in [-0.25, -0.2) is 0 Å². The molecule has 0 aromatic carbocycles. The topological polar surface area (TPSA) is 73.2 Å². The number of methoxy groups -OCH3 is 1. The quantitative estimate of drug-likeness (QED) is 0.905. The fourth-order valence-corrected chi connectivity index (χ4v) is 3.41. The van der Waals surface area contributed by atoms with E-state index in [9.17, 15) is 9.59 Å². The number of rotatable bonds is 5. The van der Waals surface area contributed by atoms with Gasteiger partial charge in [0.1, 0.15) is 0 Å². The smallest absolute Gasteiger partial charge is 0.260 e. The molecule has 2 aromatic heterocycles. The number of pyridine rings is 2. The average Bonchev–Trinajstić information content (AvgIpc) is 2.61. The fourth-order valence-electron chi connectivity index (χ4n) is 3.41. The molecule has 6 nitrogen and oxygen atoms in total. The van der Waals surface area contributed by atoms with Gasteiger partial charge < -0.3 is 14.6 Å². The van der Waals surface area contributed by atoms with Crippen LogP contribution in [0.25, 0.3) is 10.9 Å². The summed E-state index contributed by atoms with van der Waals surface area (Å²) in [6, 6.07) is 3.72. The Labute approximate surface area is 147 Å². The Morgan fingerprint density at radius 1 is 1.36 bits per heavy atom. The first-order chi connectivity index (χ1) is 12.1. The van der Waals surface area contributed by atoms with Crippen LogP contribution in [0.4, 0.5) is 0 Å². The molecule has 1 amide bonds. The summed E-state index contributed by atoms with van der Waals surface area (Å²) < 4.78 is 6.63. The molecular formula is C19H25N3O3. The zero-order valence-corrected chi connectivity index (χ0v) is 14.9. The van der Waals surface area contributed by atoms with Crippen LogP contribution in [0.5, 0.6) is 0 Å². The van der Waals surface area contributed by atoms with Crippen LogP contribution < -0.4 is 10.9 Å². The molecule has 0 saturated heterocycles. The Kier molecular flexibility index (Phi) is 5.48. The van der Waals surface area contributed by atoms with Crippen molar-refractivity contribution in [3.05, 3.63) is 39.9 Å². The van der Waals surface area contributed by atoms with Gasteiger partial charge in [-0.05, 0) is 31.9 Å². The number of fused-ring (bicyclic) bond motifs is 1. The molecule has 0 radical (unpaired) electrons. The van der Waals surface area contributed by atoms with E-state index in [1.807, 2.05) is 13.0 Å². The molecule has 0 aliphatic heterocycles. The summed E-state index contributed by atoms with van der Waals surface area (Å²) in [7, 11) is 1.60. The number of carbonyl (C=O) groups is 1. The lowest BCUT2D eigenvalue weighted by Crippen LogP contribution is -2.36. The van der Waals surface area contributed by atoms with Crippen molar-refractivity contribution in [3.8, 4) is 0 Å². The SMILES string of the molecule is COCCn1ccc2nc(C)c(C(=O)NC3CCCCC3)cc2c1=O. The third-order valence-electron chi connectivity index (χ3n) is 4.87. The van der Waals surface area contributed by atoms with Gasteiger partial charge in [-0.15, -0.1) is 0 Å². The maximum absolute atomic E-state index is 12.7. The Morgan fingerprint density at radius 2 is 2.12 bits per heavy atom. The second-order valence-electron chi connectivity index (χ2n) is 6.67. The predicted octanol–water partition coefficient (Wildman–Crippen LogP) is 2.41. The van der Waals surface area contributed by atoms with Gasteiger partial charge in [-0.3, -0.25) is 14.6 Å². The van der Waals surface area contributed by atoms with Crippen LogP contribution in [0.2, 0.25) is 0 Å². The van der Waals surface area contributed by atoms with Gasteiger partial charge in [0, 0.05) is 25.9 Å². The number of hydrogen-bond donors (Lipinski definition) is 1. The highest BCUT2D eigenvalue weighted by Crippen LogP contribution is 2.19. The average molecular weight is 343 g/mol. The second kappa shape index (κ2) is 7.78. The zero-order valence-electron chi connectivity index (χ0n) is 14.9. The van der Waals surface area contributed by atoms with Crippen LogP contribution in [0.3, 0.4) is 0 Å². The minimum atomic E-state index is -0.145. The van der Waals surface area contributed by atoms with E-state index in [-0.39, 0.29) is 17.5 Å². The molecule has 1 fully saturated rings. The minimum absolute atomic E-state index is 0.134. The molecule has 25 heavy (non-hydrogen) atoms. The molecule has 1 N–H and O–H groups in total. The molecule has 0 atom stereocenters. The standard InChI is InChI=1S/C19H25N3O3/c1-13-15(18(23)21-14-6-4-3-5-7-14)12-16-17(20-13)8-9-22(19(16)24)10-11-25-2/h8-9,12,14H,3-7,10-11H2,1-2H3,(H,21,23). The van der Waals surface area contributed by atoms with Crippen LogP contribution in [-0.4, -0.2) is 35.2 Å². The summed E-state index contributed by atoms with van der Waals surface area (Å²) in [5.74, 6) is -0.134. The molecule has 1 aliphatic carbocycles. The van der Waals surface area contributed by atoms with Crippen LogP contribution in [-0.2, 0) is 11.3 Å². The highest BCUT2D eigenvalue weighted by Gasteiger charge is 2.19. The molecule has 0 spiro atoms. The lowest BCUT2D eigenvalue weighted by Gasteiger charge is -2.23. The lowest BCUT2D eigenvalue weighted by molar-refractivity contribution is 0.0927. The Balaban J connectivity index is 1.91. The second-order valence-corrected chi connectivity index (χ2v) is 6.67. The fraction of sp³-hybridized carbons (Fsp3) is 0.526. The number of nitrogens with one attached hydrogen (secondary N) is 1. The number of nitrogens with zero attached hydrogens (tertiary/aromatic N) is 2. The van der Waals surface area contributed by atoms with E-state index in [0.717, 1.165) is 25.7 Å². The predicted molar refractivity (Wildman–Crippen MR) is 97.0 cm³/mol. The van der Waals surface area contributed by atoms with Crippen molar-refractivity contribution in [2.24, 2.45) is 0 Å². The van der Waals surface area contributed by atoms with Gasteiger partial charge in [0.15, 0.2) is 0 Å². The Bertz CT molecular complexity index is 823. The normalized spacial score (nSPS) is 15.4. The monoisotopic (exact) mass is 343 g/mol. The Morgan fingerprint density at radius 3 is 2.84 bits per heavy atom. The van der Waals surface area contributed by atoms with Crippen molar-refractivity contribution in [1.29, 1.82) is 0 Å². The summed E-state index contributed by atoms with van der Waals surface area (Å²) in [4.78, 5) is 29.8. The summed E-state index contributed by atoms with van der Waals surface area (Å²) in [5.41, 5.74) is 1.61. The molecular weight excluding hydrogens is 318 g/mol. The Hall–Kier alpha value is -2.21. The molecule has 0 bridgehead atoms. The third kappa shape index (κ3) is 3.90. The van der Waals surface area contributed by atoms with E-state index in [1.165, 1.54) is 6.42 Å². The maximum atomic E-state index is 12.7. The number of amides is 1. The van der Waals surface area contributed by atoms with Gasteiger partial charge in [-0.1, -0.05) is 19.3 Å². The van der Waals surface area contributed by atoms with Crippen molar-refractivity contribution in [2.75, 3.05) is 13.7 Å². The zero-order chi connectivity index (χ0) is 17.8. The van der Waals surface area contributed by atoms with Gasteiger partial charge >= 0.3 is 0 Å². The number of aromatic nitrogens is 2. The van der Waals surface area contributed by atoms with Crippen molar-refractivity contribution in [1.82, 2.24) is 14.9 Å². The summed E-state index contributed by atoms with van der Waals surface area (Å²) in [5, 5.41) is 3.57. The summed E-state index contributed by atoms with van der Waals surface area (Å²) in [6.07, 6.45) is 7.32. The van der Waals surface area contributed by atoms with Crippen LogP contribution in [0.1, 0.15) is 48.2 Å². The van der Waals surface area contributed by atoms with Crippen LogP contribution in [0, 0.1) is 6.92 Å². The molecule has 134 valence electrons. The summed E-state index contributed by atoms with van der Waals surface area (Å²) in [6.45, 7) is 2.74. The van der Waals surface area contributed by atoms with Crippen molar-refractivity contribution in [2.45, 2.75) is 51.6 Å². The highest BCUT2D eigenvalue weighted by atomic mass is 16.5. The maximum Gasteiger partial charge on any atom is 0.260 e. The molecule has 2 aromatic rings. The van der Waals surface area contributed by atoms with Crippen LogP contribution >= 0.6 is 0 Å². The third-order valence-corrected chi connectivity index (χ3v) is 4.87. The van der Waals surface area contributed by atoms with E-state index < -0.39 is 0 Å². The number of ether oxygens (including phenoxy) is 1. The number of hydrogen-bond acceptors (Lipinski definition) is 4. The number of carbonyl (C=O) groups excluding carboxylic acids is 1. The van der Waals surface area contributed by atoms with E-state index in [2.05, 4.69) is 10.3 Å². The number of aryl methyl sites for hydroxylation is 1. The first-order valence-electron chi connectivity index (χ1n) is 8.90. The van der Waals surface area contributed by atoms with Crippen LogP contribution in [0.15, 0.2) is 23.1 Å². The van der Waals surface area contributed by atoms with Crippen molar-refractivity contribution < 1.29 is 9.53 Å². The molecule has 6 heteroatoms. The van der Waals surface area contributed by atoms with Crippen molar-refractivity contribution >= 4 is 16.8 Å². The molecule has 3 rings (SSSR count). The van der Waals surface area contributed by atoms with E-state index in [1.54, 1.807) is 23.9 Å². The van der Waals surface area contributed by atoms with E-state index in [0.29, 0.717) is 35.3 Å². The van der Waals surface area contributed by atoms with Crippen molar-refractivity contribution in [3.63, 3.8) is 0 Å². The van der Waals surface area contributed by atoms with Gasteiger partial charge in [0.25, 0.3) is 11.5 Å². The van der Waals surface area contributed by atoms with Gasteiger partial charge in [0.2, 0.25) is 0 Å². The largest absolute Gasteiger partial charge is 0.383 e. The highest BCUT2D eigenvalue weighted by molar-refractivity contribution is 5.98. The molecule has 1 aliphatic rings. The summed E-state index contributed by atoms with van der Waals surface area (Å²) >= 11 is 0. The van der Waals surface area contributed by atoms with Gasteiger partial charge in [0.05, 0.1) is 28.8 Å².